The fourth-order valence-electron chi connectivity index (χ4n) is 0.610. The molecule has 62 valence electrons. The van der Waals surface area contributed by atoms with Crippen molar-refractivity contribution in [2.24, 2.45) is 5.14 Å². The quantitative estimate of drug-likeness (QED) is 0.528. The van der Waals surface area contributed by atoms with Gasteiger partial charge in [0.1, 0.15) is 5.75 Å². The minimum absolute atomic E-state index is 0. The van der Waals surface area contributed by atoms with Gasteiger partial charge in [0.25, 0.3) is 0 Å². The number of nitrogens with two attached hydrogens (primary N) is 1. The van der Waals surface area contributed by atoms with Crippen molar-refractivity contribution in [1.82, 2.24) is 0 Å². The fourth-order valence-corrected chi connectivity index (χ4v) is 0.990. The number of para-hydroxylation sites is 1. The van der Waals surface area contributed by atoms with Crippen LogP contribution < -0.4 is 38.9 Å². The number of benzene rings is 1. The van der Waals surface area contributed by atoms with Crippen molar-refractivity contribution < 1.29 is 43.6 Å². The van der Waals surface area contributed by atoms with E-state index in [1.165, 1.54) is 12.1 Å². The molecule has 0 heterocycles. The number of rotatable bonds is 2. The van der Waals surface area contributed by atoms with E-state index in [2.05, 4.69) is 9.32 Å². The van der Waals surface area contributed by atoms with E-state index in [-0.39, 0.29) is 36.7 Å². The Labute approximate surface area is 94.8 Å². The normalized spacial score (nSPS) is 10.1. The van der Waals surface area contributed by atoms with E-state index in [0.717, 1.165) is 0 Å². The van der Waals surface area contributed by atoms with Crippen molar-refractivity contribution in [2.75, 3.05) is 0 Å². The molecule has 0 radical (unpaired) electrons. The van der Waals surface area contributed by atoms with Crippen molar-refractivity contribution >= 4 is 10.3 Å². The minimum atomic E-state index is -3.88. The largest absolute Gasteiger partial charge is 1.00 e. The maximum absolute atomic E-state index is 10.4. The predicted molar refractivity (Wildman–Crippen MR) is 41.3 cm³/mol. The Bertz CT molecular complexity index is 329. The summed E-state index contributed by atoms with van der Waals surface area (Å²) in [5, 5.41) is 4.62. The first-order chi connectivity index (χ1) is 5.08. The van der Waals surface area contributed by atoms with Crippen LogP contribution in [0.3, 0.4) is 0 Å². The molecular weight excluding hydrogens is 189 g/mol. The monoisotopic (exact) mass is 197 g/mol. The second-order valence-electron chi connectivity index (χ2n) is 1.89. The van der Waals surface area contributed by atoms with Crippen LogP contribution in [-0.4, -0.2) is 8.42 Å². The maximum atomic E-state index is 10.4. The Morgan fingerprint density at radius 3 is 2.17 bits per heavy atom. The molecular formula is C6H8NNaO3S. The van der Waals surface area contributed by atoms with Crippen molar-refractivity contribution in [1.29, 1.82) is 0 Å². The molecule has 0 aliphatic rings. The zero-order valence-corrected chi connectivity index (χ0v) is 9.41. The van der Waals surface area contributed by atoms with Gasteiger partial charge in [0.15, 0.2) is 0 Å². The maximum Gasteiger partial charge on any atom is 1.00 e. The van der Waals surface area contributed by atoms with Gasteiger partial charge in [0.2, 0.25) is 0 Å². The summed E-state index contributed by atoms with van der Waals surface area (Å²) < 4.78 is 25.1. The van der Waals surface area contributed by atoms with Crippen LogP contribution in [0.2, 0.25) is 0 Å². The first kappa shape index (κ1) is 11.9. The molecule has 1 aromatic carbocycles. The molecule has 0 unspecified atom stereocenters. The number of hydrogen-bond donors (Lipinski definition) is 1. The van der Waals surface area contributed by atoms with Gasteiger partial charge in [-0.15, -0.1) is 0 Å². The van der Waals surface area contributed by atoms with E-state index in [9.17, 15) is 8.42 Å². The second kappa shape index (κ2) is 4.84. The average molecular weight is 197 g/mol. The van der Waals surface area contributed by atoms with Gasteiger partial charge in [0.05, 0.1) is 0 Å². The van der Waals surface area contributed by atoms with Crippen molar-refractivity contribution in [3.63, 3.8) is 0 Å². The Morgan fingerprint density at radius 1 is 1.25 bits per heavy atom. The van der Waals surface area contributed by atoms with Gasteiger partial charge in [0, 0.05) is 0 Å². The SMILES string of the molecule is NS(=O)(=O)Oc1ccccc1.[H-].[Na+]. The molecule has 1 rings (SSSR count). The Balaban J connectivity index is 0. The van der Waals surface area contributed by atoms with Crippen molar-refractivity contribution in [3.05, 3.63) is 30.3 Å². The van der Waals surface area contributed by atoms with Crippen molar-refractivity contribution in [2.45, 2.75) is 0 Å². The third-order valence-electron chi connectivity index (χ3n) is 0.956. The molecule has 0 aliphatic carbocycles. The van der Waals surface area contributed by atoms with Crippen LogP contribution in [0.4, 0.5) is 0 Å². The summed E-state index contributed by atoms with van der Waals surface area (Å²) in [7, 11) is -3.88. The third-order valence-corrected chi connectivity index (χ3v) is 1.38. The fraction of sp³-hybridized carbons (Fsp3) is 0. The summed E-state index contributed by atoms with van der Waals surface area (Å²) in [5.41, 5.74) is 0. The second-order valence-corrected chi connectivity index (χ2v) is 3.04. The first-order valence-corrected chi connectivity index (χ1v) is 4.32. The van der Waals surface area contributed by atoms with E-state index in [1.54, 1.807) is 18.2 Å². The molecule has 0 bridgehead atoms. The molecule has 12 heavy (non-hydrogen) atoms. The zero-order chi connectivity index (χ0) is 8.32. The minimum Gasteiger partial charge on any atom is -1.00 e. The van der Waals surface area contributed by atoms with Gasteiger partial charge in [-0.1, -0.05) is 18.2 Å². The molecule has 4 nitrogen and oxygen atoms in total. The molecule has 0 aliphatic heterocycles. The summed E-state index contributed by atoms with van der Waals surface area (Å²) in [4.78, 5) is 0. The van der Waals surface area contributed by atoms with Crippen LogP contribution in [0.25, 0.3) is 0 Å². The Kier molecular flexibility index (Phi) is 4.81. The van der Waals surface area contributed by atoms with Crippen molar-refractivity contribution in [3.8, 4) is 5.75 Å². The average Bonchev–Trinajstić information content (AvgIpc) is 1.85. The van der Waals surface area contributed by atoms with Gasteiger partial charge in [-0.3, -0.25) is 0 Å². The number of hydrogen-bond acceptors (Lipinski definition) is 3. The van der Waals surface area contributed by atoms with Crippen LogP contribution in [0.5, 0.6) is 5.75 Å². The Morgan fingerprint density at radius 2 is 1.75 bits per heavy atom. The van der Waals surface area contributed by atoms with Crippen LogP contribution in [0.1, 0.15) is 1.43 Å². The molecule has 6 heteroatoms. The van der Waals surface area contributed by atoms with E-state index < -0.39 is 10.3 Å². The van der Waals surface area contributed by atoms with Crippen LogP contribution in [-0.2, 0) is 10.3 Å². The van der Waals surface area contributed by atoms with E-state index in [4.69, 9.17) is 0 Å². The molecule has 0 atom stereocenters. The Hall–Kier alpha value is -0.0700. The molecule has 0 spiro atoms. The topological polar surface area (TPSA) is 69.4 Å². The standard InChI is InChI=1S/C6H7NO3S.Na.H/c7-11(8,9)10-6-4-2-1-3-5-6;;/h1-5H,(H2,7,8,9);;/q;+1;-1. The van der Waals surface area contributed by atoms with Gasteiger partial charge < -0.3 is 5.61 Å². The summed E-state index contributed by atoms with van der Waals surface area (Å²) >= 11 is 0. The summed E-state index contributed by atoms with van der Waals surface area (Å²) in [6.07, 6.45) is 0. The van der Waals surface area contributed by atoms with Crippen LogP contribution in [0, 0.1) is 0 Å². The molecule has 0 aromatic heterocycles. The van der Waals surface area contributed by atoms with Gasteiger partial charge >= 0.3 is 39.9 Å². The molecule has 1 aromatic rings. The van der Waals surface area contributed by atoms with E-state index in [1.807, 2.05) is 0 Å². The molecule has 0 fully saturated rings. The van der Waals surface area contributed by atoms with Gasteiger partial charge in [-0.25, -0.2) is 0 Å². The molecule has 0 amide bonds. The predicted octanol–water partition coefficient (Wildman–Crippen LogP) is -2.61. The van der Waals surface area contributed by atoms with E-state index in [0.29, 0.717) is 0 Å². The molecule has 0 saturated carbocycles. The summed E-state index contributed by atoms with van der Waals surface area (Å²) in [5.74, 6) is 0.218. The first-order valence-electron chi connectivity index (χ1n) is 2.85. The zero-order valence-electron chi connectivity index (χ0n) is 7.60. The molecule has 0 saturated heterocycles. The van der Waals surface area contributed by atoms with Gasteiger partial charge in [-0.05, 0) is 12.1 Å². The van der Waals surface area contributed by atoms with E-state index >= 15 is 0 Å². The summed E-state index contributed by atoms with van der Waals surface area (Å²) in [6.45, 7) is 0. The van der Waals surface area contributed by atoms with Crippen LogP contribution >= 0.6 is 0 Å². The summed E-state index contributed by atoms with van der Waals surface area (Å²) in [6, 6.07) is 8.06. The smallest absolute Gasteiger partial charge is 1.00 e. The van der Waals surface area contributed by atoms with Crippen LogP contribution in [0.15, 0.2) is 30.3 Å². The van der Waals surface area contributed by atoms with Gasteiger partial charge in [-0.2, -0.15) is 13.6 Å². The molecule has 2 N–H and O–H groups in total. The third kappa shape index (κ3) is 4.74.